The average molecular weight is 1150 g/mol. The molecular weight excluding hydrogens is 1100 g/mol. The Morgan fingerprint density at radius 2 is 1.01 bits per heavy atom. The number of halogens is 4. The molecule has 0 atom stereocenters. The topological polar surface area (TPSA) is 302 Å². The summed E-state index contributed by atoms with van der Waals surface area (Å²) in [6.07, 6.45) is 4.27. The molecule has 0 aliphatic rings. The fraction of sp³-hybridized carbons (Fsp3) is 0.208. The van der Waals surface area contributed by atoms with Crippen LogP contribution in [0.2, 0.25) is 0 Å². The van der Waals surface area contributed by atoms with Gasteiger partial charge in [0.1, 0.15) is 6.29 Å². The summed E-state index contributed by atoms with van der Waals surface area (Å²) in [6, 6.07) is 27.6. The number of aromatic nitrogens is 12. The van der Waals surface area contributed by atoms with Crippen LogP contribution in [-0.2, 0) is 42.0 Å². The third-order valence-electron chi connectivity index (χ3n) is 10.5. The number of rotatable bonds is 15. The molecule has 2 N–H and O–H groups in total. The van der Waals surface area contributed by atoms with Gasteiger partial charge in [0.25, 0.3) is 23.6 Å². The number of imidazole rings is 2. The maximum Gasteiger partial charge on any atom is 1.00 e. The summed E-state index contributed by atoms with van der Waals surface area (Å²) in [4.78, 5) is 75.6. The molecule has 0 spiro atoms. The van der Waals surface area contributed by atoms with E-state index >= 15 is 0 Å². The minimum absolute atomic E-state index is 0. The van der Waals surface area contributed by atoms with Gasteiger partial charge in [-0.3, -0.25) is 0 Å². The molecule has 0 aliphatic heterocycles. The first-order valence-corrected chi connectivity index (χ1v) is 23.6. The van der Waals surface area contributed by atoms with E-state index in [0.29, 0.717) is 22.8 Å². The van der Waals surface area contributed by atoms with E-state index in [1.165, 1.54) is 24.8 Å². The Kier molecular flexibility index (Phi) is 25.2. The monoisotopic (exact) mass is 1150 g/mol. The van der Waals surface area contributed by atoms with Crippen LogP contribution in [0.25, 0.3) is 67.2 Å². The van der Waals surface area contributed by atoms with Crippen molar-refractivity contribution in [2.24, 2.45) is 0 Å². The molecule has 0 saturated carbocycles. The van der Waals surface area contributed by atoms with E-state index in [4.69, 9.17) is 18.7 Å². The Morgan fingerprint density at radius 3 is 1.36 bits per heavy atom. The fourth-order valence-corrected chi connectivity index (χ4v) is 7.12. The van der Waals surface area contributed by atoms with Gasteiger partial charge in [-0.05, 0) is 56.4 Å². The zero-order valence-electron chi connectivity index (χ0n) is 44.5. The number of carbonyl (C=O) groups is 4. The van der Waals surface area contributed by atoms with Crippen LogP contribution in [0, 0.1) is 0 Å². The molecule has 0 fully saturated rings. The van der Waals surface area contributed by atoms with Crippen molar-refractivity contribution in [1.29, 1.82) is 0 Å². The van der Waals surface area contributed by atoms with Gasteiger partial charge in [0.2, 0.25) is 11.9 Å². The Hall–Kier alpha value is -9.32. The Bertz CT molecular complexity index is 3670. The van der Waals surface area contributed by atoms with Gasteiger partial charge in [-0.15, -0.1) is 20.4 Å². The number of nitrogens with one attached hydrogen (secondary N) is 2. The number of nitrogens with zero attached hydrogens (tertiary/aromatic N) is 13. The number of alkyl halides is 4. The molecule has 30 heteroatoms. The number of carboxylic acids is 1. The van der Waals surface area contributed by atoms with Gasteiger partial charge in [-0.2, -0.15) is 17.6 Å². The van der Waals surface area contributed by atoms with Crippen LogP contribution in [0.4, 0.5) is 40.8 Å². The molecule has 24 nitrogen and oxygen atoms in total. The van der Waals surface area contributed by atoms with Crippen molar-refractivity contribution in [3.63, 3.8) is 0 Å². The first-order chi connectivity index (χ1) is 38.5. The van der Waals surface area contributed by atoms with Crippen LogP contribution >= 0.6 is 0 Å². The molecule has 6 aromatic heterocycles. The second kappa shape index (κ2) is 31.6. The molecule has 4 aromatic carbocycles. The number of benzene rings is 4. The van der Waals surface area contributed by atoms with E-state index < -0.39 is 42.5 Å². The van der Waals surface area contributed by atoms with Crippen molar-refractivity contribution in [1.82, 2.24) is 64.3 Å². The van der Waals surface area contributed by atoms with Crippen LogP contribution in [0.15, 0.2) is 131 Å². The summed E-state index contributed by atoms with van der Waals surface area (Å²) in [5.74, 6) is -3.42. The molecule has 83 heavy (non-hydrogen) atoms. The number of aldehydes is 1. The van der Waals surface area contributed by atoms with Gasteiger partial charge < -0.3 is 48.2 Å². The summed E-state index contributed by atoms with van der Waals surface area (Å²) in [5, 5.41) is 29.1. The summed E-state index contributed by atoms with van der Waals surface area (Å²) in [6.45, 7) is 5.09. The summed E-state index contributed by atoms with van der Waals surface area (Å²) < 4.78 is 64.5. The second-order valence-corrected chi connectivity index (χ2v) is 16.8. The fourth-order valence-electron chi connectivity index (χ4n) is 7.12. The standard InChI is InChI=1S/C24H22F2N8O.C22H15F2N7O2.C4H6O4.C2H4O2.CH4.B.Na/c1-33(2)8-9-34-14-29-20-18(15-6-4-3-5-7-15)10-17(11-19(20)34)30-24-27-12-16(13-28-24)22-31-32-23(35-22)21(25)26;23-19(24)21-30-29-20(33-21)14-10-25-22(26-11-14)28-15-8-16(13-4-2-1-3-5-13)18-17(9-15)31(6-7-32)12-27-18;1-3(5)7-8-4(2)6;1-2(3)4;;;/h3-7,10-14,21H,8-9H2,1-2H3,(H,27,28,30);1-5,7-12,19H,6H2,(H,25,26,28);1-2H3;1H3,(H,3,4);1H4;;/q;;;;;;+1/p-1. The molecule has 423 valence electrons. The Labute approximate surface area is 494 Å². The summed E-state index contributed by atoms with van der Waals surface area (Å²) >= 11 is 0. The van der Waals surface area contributed by atoms with E-state index in [2.05, 4.69) is 80.2 Å². The number of carboxylic acid groups (broad SMARTS) is 1. The van der Waals surface area contributed by atoms with E-state index in [9.17, 15) is 31.9 Å². The minimum atomic E-state index is -2.85. The van der Waals surface area contributed by atoms with E-state index in [1.807, 2.05) is 105 Å². The normalized spacial score (nSPS) is 10.4. The van der Waals surface area contributed by atoms with Crippen molar-refractivity contribution in [3.05, 3.63) is 134 Å². The quantitative estimate of drug-likeness (QED) is 0.0435. The molecule has 0 bridgehead atoms. The molecule has 10 rings (SSSR count). The van der Waals surface area contributed by atoms with Gasteiger partial charge in [0, 0.05) is 88.6 Å². The zero-order valence-corrected chi connectivity index (χ0v) is 46.5. The SMILES string of the molecule is C.CC(=O)OOC(C)=O.CC(=O)[O-].CN(C)CCn1cnc2c(-c3ccccc3)cc(Nc3ncc(-c4nnc(C(F)F)o4)cn3)cc21.O=CCn1cnc2c(-c3ccccc3)cc(Nc3ncc(-c4nnc(C(F)F)o4)cn3)cc21.[B].[Na+]. The van der Waals surface area contributed by atoms with Gasteiger partial charge in [0.05, 0.1) is 52.4 Å². The molecule has 6 heterocycles. The third kappa shape index (κ3) is 18.6. The van der Waals surface area contributed by atoms with Crippen molar-refractivity contribution in [3.8, 4) is 45.2 Å². The zero-order chi connectivity index (χ0) is 57.3. The van der Waals surface area contributed by atoms with Crippen LogP contribution in [0.1, 0.15) is 52.8 Å². The Balaban J connectivity index is 0.000000290. The Morgan fingerprint density at radius 1 is 0.627 bits per heavy atom. The number of fused-ring (bicyclic) bond motifs is 2. The van der Waals surface area contributed by atoms with E-state index in [1.54, 1.807) is 10.9 Å². The van der Waals surface area contributed by atoms with Crippen LogP contribution in [-0.4, -0.2) is 118 Å². The van der Waals surface area contributed by atoms with Gasteiger partial charge >= 0.3 is 54.3 Å². The van der Waals surface area contributed by atoms with Crippen molar-refractivity contribution < 1.29 is 90.0 Å². The molecule has 0 amide bonds. The number of carbonyl (C=O) groups excluding carboxylic acids is 4. The molecule has 0 saturated heterocycles. The van der Waals surface area contributed by atoms with Gasteiger partial charge in [-0.25, -0.2) is 49.3 Å². The second-order valence-electron chi connectivity index (χ2n) is 16.8. The predicted molar refractivity (Wildman–Crippen MR) is 289 cm³/mol. The maximum atomic E-state index is 12.7. The number of aliphatic carboxylic acids is 1. The smallest absolute Gasteiger partial charge is 0.550 e. The third-order valence-corrected chi connectivity index (χ3v) is 10.5. The largest absolute Gasteiger partial charge is 1.00 e. The van der Waals surface area contributed by atoms with Crippen LogP contribution in [0.3, 0.4) is 0 Å². The molecule has 10 aromatic rings. The minimum Gasteiger partial charge on any atom is -0.550 e. The molecule has 3 radical (unpaired) electrons. The molecular formula is C53H50BF4N15NaO9. The first kappa shape index (κ1) is 66.2. The van der Waals surface area contributed by atoms with Crippen molar-refractivity contribution >= 4 is 77.9 Å². The van der Waals surface area contributed by atoms with Crippen molar-refractivity contribution in [2.45, 2.75) is 54.1 Å². The van der Waals surface area contributed by atoms with Gasteiger partial charge in [0.15, 0.2) is 0 Å². The van der Waals surface area contributed by atoms with Crippen molar-refractivity contribution in [2.75, 3.05) is 31.3 Å². The van der Waals surface area contributed by atoms with Crippen LogP contribution < -0.4 is 45.3 Å². The summed E-state index contributed by atoms with van der Waals surface area (Å²) in [7, 11) is 4.07. The first-order valence-electron chi connectivity index (χ1n) is 23.6. The van der Waals surface area contributed by atoms with Crippen LogP contribution in [0.5, 0.6) is 0 Å². The van der Waals surface area contributed by atoms with Gasteiger partial charge in [-0.1, -0.05) is 68.1 Å². The molecule has 0 unspecified atom stereocenters. The summed E-state index contributed by atoms with van der Waals surface area (Å²) in [5.41, 5.74) is 9.41. The number of hydrogen-bond acceptors (Lipinski definition) is 22. The van der Waals surface area contributed by atoms with E-state index in [0.717, 1.165) is 90.2 Å². The van der Waals surface area contributed by atoms with E-state index in [-0.39, 0.29) is 69.7 Å². The number of hydrogen-bond donors (Lipinski definition) is 2. The predicted octanol–water partition coefficient (Wildman–Crippen LogP) is 5.25. The average Bonchev–Trinajstić information content (AvgIpc) is 3.93. The number of anilines is 4. The number of likely N-dealkylation sites (N-methyl/N-ethyl adjacent to an activating group) is 1. The maximum absolute atomic E-state index is 12.7. The molecule has 0 aliphatic carbocycles.